The Morgan fingerprint density at radius 3 is 2.22 bits per heavy atom. The van der Waals surface area contributed by atoms with Gasteiger partial charge in [0, 0.05) is 5.56 Å². The van der Waals surface area contributed by atoms with Crippen LogP contribution in [0, 0.1) is 22.7 Å². The van der Waals surface area contributed by atoms with Gasteiger partial charge in [0.1, 0.15) is 0 Å². The average molecular weight is 241 g/mol. The van der Waals surface area contributed by atoms with Gasteiger partial charge in [-0.25, -0.2) is 0 Å². The van der Waals surface area contributed by atoms with E-state index in [2.05, 4.69) is 0 Å². The van der Waals surface area contributed by atoms with Crippen molar-refractivity contribution in [3.8, 4) is 12.1 Å². The predicted octanol–water partition coefficient (Wildman–Crippen LogP) is 2.00. The first-order chi connectivity index (χ1) is 8.74. The lowest BCUT2D eigenvalue weighted by molar-refractivity contribution is 0.0846. The van der Waals surface area contributed by atoms with Crippen LogP contribution in [0.3, 0.4) is 0 Å². The Labute approximate surface area is 107 Å². The molecule has 1 unspecified atom stereocenters. The summed E-state index contributed by atoms with van der Waals surface area (Å²) in [4.78, 5) is 13.9. The number of benzene rings is 1. The summed E-state index contributed by atoms with van der Waals surface area (Å²) >= 11 is 0. The number of hydrogen-bond acceptors (Lipinski definition) is 4. The van der Waals surface area contributed by atoms with E-state index in [1.165, 1.54) is 0 Å². The second-order valence-corrected chi connectivity index (χ2v) is 3.88. The molecule has 1 aromatic carbocycles. The van der Waals surface area contributed by atoms with Crippen molar-refractivity contribution in [2.45, 2.75) is 19.4 Å². The zero-order chi connectivity index (χ0) is 13.4. The Kier molecular flexibility index (Phi) is 5.57. The van der Waals surface area contributed by atoms with Crippen LogP contribution in [0.2, 0.25) is 0 Å². The molecule has 0 aliphatic rings. The first-order valence-electron chi connectivity index (χ1n) is 5.81. The third-order valence-corrected chi connectivity index (χ3v) is 2.74. The lowest BCUT2D eigenvalue weighted by atomic mass is 10.0. The fraction of sp³-hybridized carbons (Fsp3) is 0.357. The van der Waals surface area contributed by atoms with Gasteiger partial charge in [-0.2, -0.15) is 10.5 Å². The summed E-state index contributed by atoms with van der Waals surface area (Å²) in [7, 11) is 0. The van der Waals surface area contributed by atoms with Crippen molar-refractivity contribution in [1.29, 1.82) is 10.5 Å². The summed E-state index contributed by atoms with van der Waals surface area (Å²) in [6.45, 7) is 2.06. The highest BCUT2D eigenvalue weighted by Crippen LogP contribution is 2.12. The molecular weight excluding hydrogens is 226 g/mol. The molecule has 1 rings (SSSR count). The second-order valence-electron chi connectivity index (χ2n) is 3.88. The van der Waals surface area contributed by atoms with Gasteiger partial charge < -0.3 is 0 Å². The molecule has 0 saturated carbocycles. The van der Waals surface area contributed by atoms with Gasteiger partial charge in [0.25, 0.3) is 0 Å². The molecule has 0 spiro atoms. The van der Waals surface area contributed by atoms with Gasteiger partial charge in [0.05, 0.1) is 31.3 Å². The van der Waals surface area contributed by atoms with E-state index in [1.807, 2.05) is 25.1 Å². The molecule has 0 heterocycles. The molecule has 0 saturated heterocycles. The molecule has 0 aliphatic carbocycles. The van der Waals surface area contributed by atoms with Crippen LogP contribution >= 0.6 is 0 Å². The van der Waals surface area contributed by atoms with E-state index in [-0.39, 0.29) is 18.9 Å². The van der Waals surface area contributed by atoms with Crippen LogP contribution in [0.1, 0.15) is 23.7 Å². The van der Waals surface area contributed by atoms with Crippen LogP contribution in [0.4, 0.5) is 0 Å². The quantitative estimate of drug-likeness (QED) is 0.564. The zero-order valence-electron chi connectivity index (χ0n) is 10.3. The molecule has 1 aromatic rings. The van der Waals surface area contributed by atoms with Gasteiger partial charge in [-0.1, -0.05) is 37.3 Å². The van der Waals surface area contributed by atoms with Crippen molar-refractivity contribution in [3.05, 3.63) is 35.9 Å². The molecule has 0 radical (unpaired) electrons. The molecular formula is C14H15N3O. The smallest absolute Gasteiger partial charge is 0.179 e. The largest absolute Gasteiger partial charge is 0.292 e. The Bertz CT molecular complexity index is 454. The highest BCUT2D eigenvalue weighted by Gasteiger charge is 2.24. The zero-order valence-corrected chi connectivity index (χ0v) is 10.3. The van der Waals surface area contributed by atoms with E-state index >= 15 is 0 Å². The number of carbonyl (C=O) groups is 1. The highest BCUT2D eigenvalue weighted by atomic mass is 16.1. The maximum atomic E-state index is 12.3. The normalized spacial score (nSPS) is 11.6. The number of Topliss-reactive ketones (excluding diaryl/α,β-unsaturated/α-hetero) is 1. The molecule has 0 fully saturated rings. The summed E-state index contributed by atoms with van der Waals surface area (Å²) in [6, 6.07) is 12.5. The van der Waals surface area contributed by atoms with Crippen molar-refractivity contribution in [2.75, 3.05) is 13.1 Å². The van der Waals surface area contributed by atoms with Crippen molar-refractivity contribution >= 4 is 5.78 Å². The third kappa shape index (κ3) is 3.41. The van der Waals surface area contributed by atoms with Crippen LogP contribution in [-0.4, -0.2) is 29.8 Å². The number of carbonyl (C=O) groups excluding carboxylic acids is 1. The maximum Gasteiger partial charge on any atom is 0.179 e. The number of ketones is 1. The average Bonchev–Trinajstić information content (AvgIpc) is 2.41. The number of hydrogen-bond donors (Lipinski definition) is 0. The Hall–Kier alpha value is -2.17. The van der Waals surface area contributed by atoms with E-state index in [0.717, 1.165) is 0 Å². The fourth-order valence-corrected chi connectivity index (χ4v) is 1.86. The van der Waals surface area contributed by atoms with E-state index in [0.29, 0.717) is 12.0 Å². The molecule has 0 aromatic heterocycles. The van der Waals surface area contributed by atoms with Crippen molar-refractivity contribution in [1.82, 2.24) is 4.90 Å². The molecule has 92 valence electrons. The van der Waals surface area contributed by atoms with Gasteiger partial charge in [-0.05, 0) is 6.42 Å². The lowest BCUT2D eigenvalue weighted by Gasteiger charge is -2.25. The van der Waals surface area contributed by atoms with Crippen molar-refractivity contribution in [2.24, 2.45) is 0 Å². The minimum atomic E-state index is -0.410. The number of nitriles is 2. The summed E-state index contributed by atoms with van der Waals surface area (Å²) < 4.78 is 0. The maximum absolute atomic E-state index is 12.3. The minimum Gasteiger partial charge on any atom is -0.292 e. The van der Waals surface area contributed by atoms with Crippen LogP contribution in [-0.2, 0) is 0 Å². The highest BCUT2D eigenvalue weighted by molar-refractivity contribution is 6.00. The first-order valence-corrected chi connectivity index (χ1v) is 5.81. The number of nitrogens with zero attached hydrogens (tertiary/aromatic N) is 3. The van der Waals surface area contributed by atoms with E-state index in [9.17, 15) is 4.79 Å². The first kappa shape index (κ1) is 13.9. The topological polar surface area (TPSA) is 67.9 Å². The Morgan fingerprint density at radius 1 is 1.22 bits per heavy atom. The summed E-state index contributed by atoms with van der Waals surface area (Å²) in [5.74, 6) is -0.0383. The SMILES string of the molecule is CCC(C(=O)c1ccccc1)N(CC#N)CC#N. The molecule has 0 amide bonds. The standard InChI is InChI=1S/C14H15N3O/c1-2-13(17(10-8-15)11-9-16)14(18)12-6-4-3-5-7-12/h3-7,13H,2,10-11H2,1H3. The van der Waals surface area contributed by atoms with E-state index in [4.69, 9.17) is 10.5 Å². The Balaban J connectivity index is 2.92. The molecule has 0 N–H and O–H groups in total. The second kappa shape index (κ2) is 7.21. The van der Waals surface area contributed by atoms with Crippen LogP contribution < -0.4 is 0 Å². The predicted molar refractivity (Wildman–Crippen MR) is 67.7 cm³/mol. The molecule has 0 bridgehead atoms. The number of rotatable bonds is 6. The fourth-order valence-electron chi connectivity index (χ4n) is 1.86. The minimum absolute atomic E-state index is 0.0383. The lowest BCUT2D eigenvalue weighted by Crippen LogP contribution is -2.41. The van der Waals surface area contributed by atoms with Gasteiger partial charge in [-0.15, -0.1) is 0 Å². The van der Waals surface area contributed by atoms with Crippen molar-refractivity contribution < 1.29 is 4.79 Å². The van der Waals surface area contributed by atoms with E-state index in [1.54, 1.807) is 29.2 Å². The summed E-state index contributed by atoms with van der Waals surface area (Å²) in [5, 5.41) is 17.5. The molecule has 1 atom stereocenters. The monoisotopic (exact) mass is 241 g/mol. The van der Waals surface area contributed by atoms with Crippen LogP contribution in [0.5, 0.6) is 0 Å². The molecule has 18 heavy (non-hydrogen) atoms. The van der Waals surface area contributed by atoms with Crippen LogP contribution in [0.15, 0.2) is 30.3 Å². The van der Waals surface area contributed by atoms with Crippen LogP contribution in [0.25, 0.3) is 0 Å². The van der Waals surface area contributed by atoms with Gasteiger partial charge in [-0.3, -0.25) is 9.69 Å². The molecule has 0 aliphatic heterocycles. The molecule has 4 heteroatoms. The summed E-state index contributed by atoms with van der Waals surface area (Å²) in [6.07, 6.45) is 0.580. The van der Waals surface area contributed by atoms with Crippen molar-refractivity contribution in [3.63, 3.8) is 0 Å². The van der Waals surface area contributed by atoms with E-state index < -0.39 is 6.04 Å². The molecule has 4 nitrogen and oxygen atoms in total. The summed E-state index contributed by atoms with van der Waals surface area (Å²) in [5.41, 5.74) is 0.616. The van der Waals surface area contributed by atoms with Gasteiger partial charge in [0.15, 0.2) is 5.78 Å². The Morgan fingerprint density at radius 2 is 1.78 bits per heavy atom. The third-order valence-electron chi connectivity index (χ3n) is 2.74. The van der Waals surface area contributed by atoms with Gasteiger partial charge in [0.2, 0.25) is 0 Å². The van der Waals surface area contributed by atoms with Gasteiger partial charge >= 0.3 is 0 Å².